The van der Waals surface area contributed by atoms with Gasteiger partial charge in [-0.25, -0.2) is 4.79 Å². The molecule has 0 radical (unpaired) electrons. The third-order valence-electron chi connectivity index (χ3n) is 4.16. The van der Waals surface area contributed by atoms with Crippen molar-refractivity contribution in [3.05, 3.63) is 23.8 Å². The minimum absolute atomic E-state index is 0.298. The second kappa shape index (κ2) is 5.35. The monoisotopic (exact) mass is 274 g/mol. The summed E-state index contributed by atoms with van der Waals surface area (Å²) in [7, 11) is 0. The number of carbonyl (C=O) groups is 1. The van der Waals surface area contributed by atoms with Crippen molar-refractivity contribution in [3.8, 4) is 0 Å². The van der Waals surface area contributed by atoms with Crippen LogP contribution in [0.25, 0.3) is 0 Å². The summed E-state index contributed by atoms with van der Waals surface area (Å²) >= 11 is 0. The van der Waals surface area contributed by atoms with Gasteiger partial charge in [0.15, 0.2) is 0 Å². The minimum Gasteiger partial charge on any atom is -0.462 e. The highest BCUT2D eigenvalue weighted by Crippen LogP contribution is 2.46. The van der Waals surface area contributed by atoms with E-state index in [2.05, 4.69) is 5.32 Å². The molecule has 4 nitrogen and oxygen atoms in total. The van der Waals surface area contributed by atoms with Gasteiger partial charge in [-0.15, -0.1) is 0 Å². The molecule has 3 N–H and O–H groups in total. The molecule has 2 aliphatic carbocycles. The summed E-state index contributed by atoms with van der Waals surface area (Å²) in [5.74, 6) is 1.20. The van der Waals surface area contributed by atoms with E-state index in [1.54, 1.807) is 12.1 Å². The summed E-state index contributed by atoms with van der Waals surface area (Å²) in [4.78, 5) is 12.1. The molecule has 2 fully saturated rings. The highest BCUT2D eigenvalue weighted by atomic mass is 16.5. The molecule has 1 aromatic carbocycles. The molecule has 1 aromatic rings. The average Bonchev–Trinajstić information content (AvgIpc) is 3.29. The molecule has 0 spiro atoms. The molecular weight excluding hydrogens is 252 g/mol. The molecule has 0 amide bonds. The zero-order valence-corrected chi connectivity index (χ0v) is 11.9. The van der Waals surface area contributed by atoms with Crippen molar-refractivity contribution >= 4 is 17.3 Å². The van der Waals surface area contributed by atoms with E-state index in [1.807, 2.05) is 13.0 Å². The molecule has 0 unspecified atom stereocenters. The van der Waals surface area contributed by atoms with E-state index >= 15 is 0 Å². The second-order valence-electron chi connectivity index (χ2n) is 5.84. The van der Waals surface area contributed by atoms with Gasteiger partial charge in [-0.3, -0.25) is 0 Å². The van der Waals surface area contributed by atoms with Crippen LogP contribution in [0.15, 0.2) is 18.2 Å². The second-order valence-corrected chi connectivity index (χ2v) is 5.84. The Labute approximate surface area is 119 Å². The first kappa shape index (κ1) is 13.3. The van der Waals surface area contributed by atoms with E-state index < -0.39 is 0 Å². The van der Waals surface area contributed by atoms with Gasteiger partial charge in [0.05, 0.1) is 23.5 Å². The summed E-state index contributed by atoms with van der Waals surface area (Å²) < 4.78 is 5.12. The van der Waals surface area contributed by atoms with Crippen LogP contribution in [0.3, 0.4) is 0 Å². The predicted molar refractivity (Wildman–Crippen MR) is 79.7 cm³/mol. The van der Waals surface area contributed by atoms with Crippen molar-refractivity contribution < 1.29 is 9.53 Å². The molecule has 0 heterocycles. The molecule has 4 heteroatoms. The number of hydrogen-bond acceptors (Lipinski definition) is 4. The Morgan fingerprint density at radius 2 is 2.00 bits per heavy atom. The van der Waals surface area contributed by atoms with Gasteiger partial charge in [0, 0.05) is 6.04 Å². The van der Waals surface area contributed by atoms with E-state index in [9.17, 15) is 4.79 Å². The van der Waals surface area contributed by atoms with Crippen molar-refractivity contribution in [3.63, 3.8) is 0 Å². The lowest BCUT2D eigenvalue weighted by Gasteiger charge is -2.22. The Balaban J connectivity index is 1.84. The summed E-state index contributed by atoms with van der Waals surface area (Å²) in [6.07, 6.45) is 5.15. The fourth-order valence-corrected chi connectivity index (χ4v) is 2.81. The number of nitrogens with two attached hydrogens (primary N) is 1. The van der Waals surface area contributed by atoms with Gasteiger partial charge in [0.25, 0.3) is 0 Å². The molecule has 20 heavy (non-hydrogen) atoms. The van der Waals surface area contributed by atoms with Crippen molar-refractivity contribution in [1.82, 2.24) is 0 Å². The van der Waals surface area contributed by atoms with Crippen LogP contribution in [0.1, 0.15) is 43.0 Å². The number of ether oxygens (including phenoxy) is 1. The lowest BCUT2D eigenvalue weighted by atomic mass is 10.0. The largest absolute Gasteiger partial charge is 0.462 e. The predicted octanol–water partition coefficient (Wildman–Crippen LogP) is 3.05. The lowest BCUT2D eigenvalue weighted by molar-refractivity contribution is 0.0527. The molecule has 108 valence electrons. The van der Waals surface area contributed by atoms with Gasteiger partial charge < -0.3 is 15.8 Å². The van der Waals surface area contributed by atoms with Crippen LogP contribution in [0, 0.1) is 11.8 Å². The fourth-order valence-electron chi connectivity index (χ4n) is 2.81. The normalized spacial score (nSPS) is 18.1. The van der Waals surface area contributed by atoms with Gasteiger partial charge >= 0.3 is 5.97 Å². The molecule has 0 atom stereocenters. The number of nitrogens with one attached hydrogen (secondary N) is 1. The van der Waals surface area contributed by atoms with Crippen molar-refractivity contribution in [2.45, 2.75) is 38.6 Å². The first-order chi connectivity index (χ1) is 9.70. The van der Waals surface area contributed by atoms with Gasteiger partial charge in [-0.2, -0.15) is 0 Å². The molecule has 0 saturated heterocycles. The number of anilines is 2. The van der Waals surface area contributed by atoms with Crippen molar-refractivity contribution in [2.75, 3.05) is 17.7 Å². The summed E-state index contributed by atoms with van der Waals surface area (Å²) in [6.45, 7) is 2.19. The fraction of sp³-hybridized carbons (Fsp3) is 0.562. The summed E-state index contributed by atoms with van der Waals surface area (Å²) in [6, 6.07) is 5.89. The molecule has 3 rings (SSSR count). The van der Waals surface area contributed by atoms with Crippen LogP contribution in [0.4, 0.5) is 11.4 Å². The Kier molecular flexibility index (Phi) is 3.55. The summed E-state index contributed by atoms with van der Waals surface area (Å²) in [5, 5.41) is 3.55. The number of benzene rings is 1. The standard InChI is InChI=1S/C16H22N2O2/c1-2-20-16(19)12-4-3-5-13(17)15(12)18-14(10-6-7-10)11-8-9-11/h3-5,10-11,14,18H,2,6-9,17H2,1H3. The Bertz CT molecular complexity index is 495. The number of esters is 1. The topological polar surface area (TPSA) is 64.3 Å². The van der Waals surface area contributed by atoms with Crippen LogP contribution >= 0.6 is 0 Å². The van der Waals surface area contributed by atoms with E-state index in [1.165, 1.54) is 25.7 Å². The molecule has 0 aliphatic heterocycles. The third-order valence-corrected chi connectivity index (χ3v) is 4.16. The summed E-state index contributed by atoms with van der Waals surface area (Å²) in [5.41, 5.74) is 8.01. The Hall–Kier alpha value is -1.71. The average molecular weight is 274 g/mol. The zero-order chi connectivity index (χ0) is 14.1. The molecule has 0 aromatic heterocycles. The van der Waals surface area contributed by atoms with E-state index in [0.29, 0.717) is 23.9 Å². The van der Waals surface area contributed by atoms with Crippen LogP contribution in [-0.4, -0.2) is 18.6 Å². The number of hydrogen-bond donors (Lipinski definition) is 2. The third kappa shape index (κ3) is 2.74. The van der Waals surface area contributed by atoms with E-state index in [-0.39, 0.29) is 5.97 Å². The number of rotatable bonds is 6. The number of carbonyl (C=O) groups excluding carboxylic acids is 1. The Morgan fingerprint density at radius 1 is 1.35 bits per heavy atom. The van der Waals surface area contributed by atoms with Gasteiger partial charge in [-0.05, 0) is 56.6 Å². The molecule has 0 bridgehead atoms. The van der Waals surface area contributed by atoms with Gasteiger partial charge in [0.1, 0.15) is 0 Å². The molecular formula is C16H22N2O2. The number of para-hydroxylation sites is 1. The minimum atomic E-state index is -0.298. The molecule has 2 saturated carbocycles. The first-order valence-electron chi connectivity index (χ1n) is 7.53. The Morgan fingerprint density at radius 3 is 2.55 bits per heavy atom. The number of nitrogen functional groups attached to an aromatic ring is 1. The van der Waals surface area contributed by atoms with Gasteiger partial charge in [0.2, 0.25) is 0 Å². The van der Waals surface area contributed by atoms with E-state index in [4.69, 9.17) is 10.5 Å². The van der Waals surface area contributed by atoms with Crippen LogP contribution < -0.4 is 11.1 Å². The van der Waals surface area contributed by atoms with Gasteiger partial charge in [-0.1, -0.05) is 6.07 Å². The van der Waals surface area contributed by atoms with Crippen molar-refractivity contribution in [1.29, 1.82) is 0 Å². The highest BCUT2D eigenvalue weighted by molar-refractivity contribution is 5.98. The quantitative estimate of drug-likeness (QED) is 0.618. The van der Waals surface area contributed by atoms with Crippen molar-refractivity contribution in [2.24, 2.45) is 11.8 Å². The SMILES string of the molecule is CCOC(=O)c1cccc(N)c1NC(C1CC1)C1CC1. The first-order valence-corrected chi connectivity index (χ1v) is 7.53. The van der Waals surface area contributed by atoms with Crippen LogP contribution in [0.2, 0.25) is 0 Å². The highest BCUT2D eigenvalue weighted by Gasteiger charge is 2.42. The lowest BCUT2D eigenvalue weighted by Crippen LogP contribution is -2.26. The van der Waals surface area contributed by atoms with Crippen LogP contribution in [0.5, 0.6) is 0 Å². The smallest absolute Gasteiger partial charge is 0.340 e. The van der Waals surface area contributed by atoms with Crippen LogP contribution in [-0.2, 0) is 4.74 Å². The maximum absolute atomic E-state index is 12.1. The van der Waals surface area contributed by atoms with E-state index in [0.717, 1.165) is 17.5 Å². The molecule has 2 aliphatic rings. The maximum atomic E-state index is 12.1. The zero-order valence-electron chi connectivity index (χ0n) is 11.9. The maximum Gasteiger partial charge on any atom is 0.340 e.